The molecule has 2 fully saturated rings. The Labute approximate surface area is 155 Å². The van der Waals surface area contributed by atoms with Gasteiger partial charge in [-0.2, -0.15) is 0 Å². The van der Waals surface area contributed by atoms with Gasteiger partial charge in [0.05, 0.1) is 6.04 Å². The van der Waals surface area contributed by atoms with Crippen LogP contribution in [-0.2, 0) is 0 Å². The number of carbonyl (C=O) groups excluding carboxylic acids is 1. The average Bonchev–Trinajstić information content (AvgIpc) is 3.30. The molecule has 26 heavy (non-hydrogen) atoms. The maximum Gasteiger partial charge on any atom is 0.251 e. The van der Waals surface area contributed by atoms with Crippen LogP contribution < -0.4 is 10.6 Å². The fourth-order valence-corrected chi connectivity index (χ4v) is 5.88. The van der Waals surface area contributed by atoms with Crippen LogP contribution in [0.5, 0.6) is 0 Å². The average molecular weight is 346 g/mol. The van der Waals surface area contributed by atoms with E-state index in [9.17, 15) is 4.79 Å². The Morgan fingerprint density at radius 2 is 1.92 bits per heavy atom. The molecule has 1 aliphatic heterocycles. The second kappa shape index (κ2) is 6.15. The first-order valence-corrected chi connectivity index (χ1v) is 10.00. The van der Waals surface area contributed by atoms with E-state index in [0.717, 1.165) is 17.4 Å². The number of amides is 1. The third-order valence-corrected chi connectivity index (χ3v) is 6.85. The summed E-state index contributed by atoms with van der Waals surface area (Å²) in [5.74, 6) is 2.86. The lowest BCUT2D eigenvalue weighted by Gasteiger charge is -2.43. The van der Waals surface area contributed by atoms with Crippen molar-refractivity contribution in [1.82, 2.24) is 5.32 Å². The van der Waals surface area contributed by atoms with Gasteiger partial charge in [0.15, 0.2) is 0 Å². The maximum atomic E-state index is 12.3. The van der Waals surface area contributed by atoms with Crippen molar-refractivity contribution in [1.29, 1.82) is 0 Å². The zero-order valence-corrected chi connectivity index (χ0v) is 15.2. The smallest absolute Gasteiger partial charge is 0.251 e. The van der Waals surface area contributed by atoms with E-state index in [-0.39, 0.29) is 5.91 Å². The van der Waals surface area contributed by atoms with Crippen LogP contribution in [0.25, 0.3) is 0 Å². The Bertz CT molecular complexity index is 831. The Balaban J connectivity index is 1.58. The van der Waals surface area contributed by atoms with Crippen LogP contribution in [0.1, 0.15) is 59.6 Å². The van der Waals surface area contributed by atoms with Crippen molar-refractivity contribution in [3.63, 3.8) is 0 Å². The quantitative estimate of drug-likeness (QED) is 0.843. The largest absolute Gasteiger partial charge is 0.378 e. The molecule has 2 saturated carbocycles. The van der Waals surface area contributed by atoms with Gasteiger partial charge in [0, 0.05) is 17.8 Å². The van der Waals surface area contributed by atoms with E-state index >= 15 is 0 Å². The Morgan fingerprint density at radius 3 is 2.73 bits per heavy atom. The fourth-order valence-electron chi connectivity index (χ4n) is 5.88. The summed E-state index contributed by atoms with van der Waals surface area (Å²) >= 11 is 0. The molecule has 5 atom stereocenters. The summed E-state index contributed by atoms with van der Waals surface area (Å²) in [5.41, 5.74) is 4.79. The van der Waals surface area contributed by atoms with E-state index in [0.29, 0.717) is 24.4 Å². The van der Waals surface area contributed by atoms with E-state index in [1.807, 2.05) is 13.0 Å². The zero-order valence-electron chi connectivity index (χ0n) is 15.2. The van der Waals surface area contributed by atoms with Crippen molar-refractivity contribution in [2.45, 2.75) is 38.1 Å². The summed E-state index contributed by atoms with van der Waals surface area (Å²) in [6.45, 7) is 2.63. The molecule has 1 heterocycles. The van der Waals surface area contributed by atoms with E-state index in [1.54, 1.807) is 0 Å². The molecule has 0 aromatic heterocycles. The summed E-state index contributed by atoms with van der Waals surface area (Å²) < 4.78 is 0. The number of rotatable bonds is 3. The number of nitrogens with one attached hydrogen (secondary N) is 2. The van der Waals surface area contributed by atoms with Crippen LogP contribution in [0.15, 0.2) is 48.5 Å². The van der Waals surface area contributed by atoms with E-state index in [2.05, 4.69) is 53.1 Å². The molecule has 1 amide bonds. The molecule has 2 N–H and O–H groups in total. The van der Waals surface area contributed by atoms with Crippen molar-refractivity contribution in [3.05, 3.63) is 65.2 Å². The van der Waals surface area contributed by atoms with Gasteiger partial charge in [0.1, 0.15) is 0 Å². The highest BCUT2D eigenvalue weighted by molar-refractivity contribution is 5.95. The lowest BCUT2D eigenvalue weighted by Crippen LogP contribution is -2.35. The van der Waals surface area contributed by atoms with E-state index < -0.39 is 0 Å². The number of benzene rings is 2. The van der Waals surface area contributed by atoms with Crippen molar-refractivity contribution < 1.29 is 4.79 Å². The van der Waals surface area contributed by atoms with Gasteiger partial charge in [-0.05, 0) is 79.2 Å². The predicted molar refractivity (Wildman–Crippen MR) is 104 cm³/mol. The Morgan fingerprint density at radius 1 is 1.12 bits per heavy atom. The predicted octanol–water partition coefficient (Wildman–Crippen LogP) is 4.73. The minimum absolute atomic E-state index is 0.0418. The first kappa shape index (κ1) is 15.9. The molecule has 2 aromatic rings. The SMILES string of the molecule is CCNC(=O)c1ccc2c(c1)[C@@H]1[C@H]3CC[C@@H](C3)[C@H]1[C@H](c1ccccc1)N2. The second-order valence-corrected chi connectivity index (χ2v) is 8.13. The summed E-state index contributed by atoms with van der Waals surface area (Å²) in [4.78, 5) is 12.3. The van der Waals surface area contributed by atoms with Gasteiger partial charge in [-0.15, -0.1) is 0 Å². The first-order valence-electron chi connectivity index (χ1n) is 10.00. The van der Waals surface area contributed by atoms with Crippen LogP contribution in [0.4, 0.5) is 5.69 Å². The van der Waals surface area contributed by atoms with Crippen LogP contribution in [0.3, 0.4) is 0 Å². The highest BCUT2D eigenvalue weighted by Crippen LogP contribution is 2.63. The van der Waals surface area contributed by atoms with E-state index in [4.69, 9.17) is 0 Å². The molecular formula is C23H26N2O. The van der Waals surface area contributed by atoms with Crippen LogP contribution >= 0.6 is 0 Å². The topological polar surface area (TPSA) is 41.1 Å². The van der Waals surface area contributed by atoms with Crippen molar-refractivity contribution in [2.24, 2.45) is 17.8 Å². The highest BCUT2D eigenvalue weighted by atomic mass is 16.1. The molecule has 2 bridgehead atoms. The molecule has 0 radical (unpaired) electrons. The molecule has 0 unspecified atom stereocenters. The standard InChI is InChI=1S/C23H26N2O/c1-2-24-23(26)17-10-11-19-18(13-17)20-15-8-9-16(12-15)21(20)22(25-19)14-6-4-3-5-7-14/h3-7,10-11,13,15-16,20-22,25H,2,8-9,12H2,1H3,(H,24,26)/t15-,16-,20-,21+,22-/m0/s1. The molecule has 2 aromatic carbocycles. The first-order chi connectivity index (χ1) is 12.8. The molecular weight excluding hydrogens is 320 g/mol. The molecule has 3 nitrogen and oxygen atoms in total. The lowest BCUT2D eigenvalue weighted by atomic mass is 9.68. The molecule has 5 rings (SSSR count). The van der Waals surface area contributed by atoms with Gasteiger partial charge < -0.3 is 10.6 Å². The van der Waals surface area contributed by atoms with Crippen LogP contribution in [0.2, 0.25) is 0 Å². The van der Waals surface area contributed by atoms with Crippen LogP contribution in [-0.4, -0.2) is 12.5 Å². The van der Waals surface area contributed by atoms with Crippen molar-refractivity contribution in [3.8, 4) is 0 Å². The van der Waals surface area contributed by atoms with Gasteiger partial charge in [-0.25, -0.2) is 0 Å². The monoisotopic (exact) mass is 346 g/mol. The minimum Gasteiger partial charge on any atom is -0.378 e. The summed E-state index contributed by atoms with van der Waals surface area (Å²) in [6, 6.07) is 17.5. The maximum absolute atomic E-state index is 12.3. The van der Waals surface area contributed by atoms with Gasteiger partial charge in [-0.1, -0.05) is 30.3 Å². The number of hydrogen-bond donors (Lipinski definition) is 2. The number of fused-ring (bicyclic) bond motifs is 7. The number of hydrogen-bond acceptors (Lipinski definition) is 2. The normalized spacial score (nSPS) is 31.0. The summed E-state index contributed by atoms with van der Waals surface area (Å²) in [5, 5.41) is 6.77. The molecule has 3 aliphatic rings. The van der Waals surface area contributed by atoms with Crippen molar-refractivity contribution >= 4 is 11.6 Å². The van der Waals surface area contributed by atoms with Crippen LogP contribution in [0, 0.1) is 17.8 Å². The van der Waals surface area contributed by atoms with Gasteiger partial charge >= 0.3 is 0 Å². The van der Waals surface area contributed by atoms with E-state index in [1.165, 1.54) is 36.1 Å². The molecule has 2 aliphatic carbocycles. The Kier molecular flexibility index (Phi) is 3.77. The molecule has 3 heteroatoms. The summed E-state index contributed by atoms with van der Waals surface area (Å²) in [7, 11) is 0. The lowest BCUT2D eigenvalue weighted by molar-refractivity contribution is 0.0955. The van der Waals surface area contributed by atoms with Gasteiger partial charge in [0.25, 0.3) is 5.91 Å². The third-order valence-electron chi connectivity index (χ3n) is 6.85. The highest BCUT2D eigenvalue weighted by Gasteiger charge is 2.53. The fraction of sp³-hybridized carbons (Fsp3) is 0.435. The minimum atomic E-state index is 0.0418. The summed E-state index contributed by atoms with van der Waals surface area (Å²) in [6.07, 6.45) is 4.06. The van der Waals surface area contributed by atoms with Gasteiger partial charge in [-0.3, -0.25) is 4.79 Å². The molecule has 134 valence electrons. The van der Waals surface area contributed by atoms with Gasteiger partial charge in [0.2, 0.25) is 0 Å². The number of carbonyl (C=O) groups is 1. The second-order valence-electron chi connectivity index (χ2n) is 8.13. The third kappa shape index (κ3) is 2.37. The molecule has 0 saturated heterocycles. The number of anilines is 1. The van der Waals surface area contributed by atoms with Crippen molar-refractivity contribution in [2.75, 3.05) is 11.9 Å². The molecule has 0 spiro atoms. The Hall–Kier alpha value is -2.29. The zero-order chi connectivity index (χ0) is 17.7.